The first-order valence-electron chi connectivity index (χ1n) is 3.66. The standard InChI is InChI=1S/C8H17NO2/c1-7(8(2,3)4)9-11-6-5-10/h9-10H,1,5-6H2,2-4H3. The van der Waals surface area contributed by atoms with E-state index in [2.05, 4.69) is 12.1 Å². The Hall–Kier alpha value is -0.540. The van der Waals surface area contributed by atoms with E-state index >= 15 is 0 Å². The largest absolute Gasteiger partial charge is 0.394 e. The van der Waals surface area contributed by atoms with Gasteiger partial charge in [0.1, 0.15) is 0 Å². The molecule has 0 rings (SSSR count). The predicted octanol–water partition coefficient (Wildman–Crippen LogP) is 1.06. The summed E-state index contributed by atoms with van der Waals surface area (Å²) in [6, 6.07) is 0. The third-order valence-corrected chi connectivity index (χ3v) is 1.29. The molecule has 0 aromatic heterocycles. The van der Waals surface area contributed by atoms with Crippen molar-refractivity contribution in [2.75, 3.05) is 13.2 Å². The van der Waals surface area contributed by atoms with Crippen molar-refractivity contribution in [3.05, 3.63) is 12.3 Å². The van der Waals surface area contributed by atoms with E-state index in [0.29, 0.717) is 0 Å². The van der Waals surface area contributed by atoms with Crippen molar-refractivity contribution in [2.24, 2.45) is 5.41 Å². The lowest BCUT2D eigenvalue weighted by Gasteiger charge is -2.22. The van der Waals surface area contributed by atoms with Gasteiger partial charge in [0.15, 0.2) is 0 Å². The van der Waals surface area contributed by atoms with Gasteiger partial charge in [-0.3, -0.25) is 10.3 Å². The molecule has 0 aromatic carbocycles. The Morgan fingerprint density at radius 1 is 1.55 bits per heavy atom. The van der Waals surface area contributed by atoms with E-state index in [1.165, 1.54) is 0 Å². The van der Waals surface area contributed by atoms with Gasteiger partial charge < -0.3 is 5.11 Å². The number of hydroxylamine groups is 1. The van der Waals surface area contributed by atoms with Crippen molar-refractivity contribution in [1.29, 1.82) is 0 Å². The van der Waals surface area contributed by atoms with Crippen molar-refractivity contribution in [3.63, 3.8) is 0 Å². The minimum atomic E-state index is -0.00451. The molecular formula is C8H17NO2. The van der Waals surface area contributed by atoms with Crippen LogP contribution in [0.25, 0.3) is 0 Å². The fourth-order valence-electron chi connectivity index (χ4n) is 0.337. The fraction of sp³-hybridized carbons (Fsp3) is 0.750. The van der Waals surface area contributed by atoms with Gasteiger partial charge >= 0.3 is 0 Å². The highest BCUT2D eigenvalue weighted by atomic mass is 16.6. The lowest BCUT2D eigenvalue weighted by Crippen LogP contribution is -2.24. The molecule has 0 spiro atoms. The van der Waals surface area contributed by atoms with Crippen LogP contribution in [-0.4, -0.2) is 18.3 Å². The Kier molecular flexibility index (Phi) is 4.15. The molecule has 0 amide bonds. The van der Waals surface area contributed by atoms with Crippen molar-refractivity contribution < 1.29 is 9.94 Å². The van der Waals surface area contributed by atoms with Crippen LogP contribution in [0, 0.1) is 5.41 Å². The zero-order chi connectivity index (χ0) is 8.91. The van der Waals surface area contributed by atoms with Crippen LogP contribution in [0.1, 0.15) is 20.8 Å². The van der Waals surface area contributed by atoms with Crippen LogP contribution in [0.2, 0.25) is 0 Å². The highest BCUT2D eigenvalue weighted by Gasteiger charge is 2.14. The number of aliphatic hydroxyl groups excluding tert-OH is 1. The van der Waals surface area contributed by atoms with Crippen LogP contribution in [-0.2, 0) is 4.84 Å². The molecule has 3 nitrogen and oxygen atoms in total. The Balaban J connectivity index is 3.54. The molecule has 66 valence electrons. The summed E-state index contributed by atoms with van der Waals surface area (Å²) >= 11 is 0. The molecule has 2 N–H and O–H groups in total. The molecule has 0 aliphatic heterocycles. The highest BCUT2D eigenvalue weighted by molar-refractivity contribution is 4.99. The molecule has 0 unspecified atom stereocenters. The number of hydrogen-bond donors (Lipinski definition) is 2. The third-order valence-electron chi connectivity index (χ3n) is 1.29. The van der Waals surface area contributed by atoms with E-state index in [1.807, 2.05) is 20.8 Å². The second kappa shape index (κ2) is 4.36. The van der Waals surface area contributed by atoms with Crippen molar-refractivity contribution in [1.82, 2.24) is 5.48 Å². The Bertz CT molecular complexity index is 127. The van der Waals surface area contributed by atoms with Crippen molar-refractivity contribution in [3.8, 4) is 0 Å². The second-order valence-electron chi connectivity index (χ2n) is 3.40. The van der Waals surface area contributed by atoms with Crippen LogP contribution < -0.4 is 5.48 Å². The number of allylic oxidation sites excluding steroid dienone is 1. The number of hydrogen-bond acceptors (Lipinski definition) is 3. The average molecular weight is 159 g/mol. The number of aliphatic hydroxyl groups is 1. The maximum atomic E-state index is 8.39. The van der Waals surface area contributed by atoms with Crippen LogP contribution in [0.15, 0.2) is 12.3 Å². The fourth-order valence-corrected chi connectivity index (χ4v) is 0.337. The summed E-state index contributed by atoms with van der Waals surface area (Å²) in [4.78, 5) is 4.87. The predicted molar refractivity (Wildman–Crippen MR) is 44.8 cm³/mol. The topological polar surface area (TPSA) is 41.5 Å². The van der Waals surface area contributed by atoms with Crippen LogP contribution in [0.5, 0.6) is 0 Å². The van der Waals surface area contributed by atoms with Gasteiger partial charge in [-0.2, -0.15) is 0 Å². The van der Waals surface area contributed by atoms with Gasteiger partial charge in [0.05, 0.1) is 13.2 Å². The lowest BCUT2D eigenvalue weighted by molar-refractivity contribution is 0.0260. The summed E-state index contributed by atoms with van der Waals surface area (Å²) in [5.41, 5.74) is 3.48. The summed E-state index contributed by atoms with van der Waals surface area (Å²) in [5, 5.41) is 8.39. The highest BCUT2D eigenvalue weighted by Crippen LogP contribution is 2.20. The molecule has 11 heavy (non-hydrogen) atoms. The normalized spacial score (nSPS) is 11.3. The van der Waals surface area contributed by atoms with Gasteiger partial charge in [-0.15, -0.1) is 0 Å². The maximum Gasteiger partial charge on any atom is 0.0976 e. The summed E-state index contributed by atoms with van der Waals surface area (Å²) in [7, 11) is 0. The summed E-state index contributed by atoms with van der Waals surface area (Å²) in [5.74, 6) is 0. The Morgan fingerprint density at radius 3 is 2.45 bits per heavy atom. The zero-order valence-corrected chi connectivity index (χ0v) is 7.48. The van der Waals surface area contributed by atoms with E-state index in [-0.39, 0.29) is 18.6 Å². The molecule has 0 aromatic rings. The average Bonchev–Trinajstić information content (AvgIpc) is 1.86. The van der Waals surface area contributed by atoms with Gasteiger partial charge in [-0.25, -0.2) is 0 Å². The molecule has 3 heteroatoms. The summed E-state index contributed by atoms with van der Waals surface area (Å²) < 4.78 is 0. The minimum Gasteiger partial charge on any atom is -0.394 e. The van der Waals surface area contributed by atoms with Gasteiger partial charge in [-0.05, 0) is 0 Å². The van der Waals surface area contributed by atoms with E-state index in [1.54, 1.807) is 0 Å². The molecule has 0 saturated carbocycles. The van der Waals surface area contributed by atoms with Crippen molar-refractivity contribution in [2.45, 2.75) is 20.8 Å². The smallest absolute Gasteiger partial charge is 0.0976 e. The van der Waals surface area contributed by atoms with E-state index in [4.69, 9.17) is 9.94 Å². The van der Waals surface area contributed by atoms with E-state index in [9.17, 15) is 0 Å². The SMILES string of the molecule is C=C(NOCCO)C(C)(C)C. The molecule has 0 heterocycles. The zero-order valence-electron chi connectivity index (χ0n) is 7.48. The molecule has 0 saturated heterocycles. The molecule has 0 aliphatic carbocycles. The van der Waals surface area contributed by atoms with Crippen LogP contribution in [0.3, 0.4) is 0 Å². The first-order valence-corrected chi connectivity index (χ1v) is 3.66. The first-order chi connectivity index (χ1) is 4.98. The number of nitrogens with one attached hydrogen (secondary N) is 1. The molecular weight excluding hydrogens is 142 g/mol. The Labute approximate surface area is 68.0 Å². The molecule has 0 fully saturated rings. The Morgan fingerprint density at radius 2 is 2.09 bits per heavy atom. The molecule has 0 atom stereocenters. The van der Waals surface area contributed by atoms with Gasteiger partial charge in [-0.1, -0.05) is 27.4 Å². The monoisotopic (exact) mass is 159 g/mol. The molecule has 0 bridgehead atoms. The maximum absolute atomic E-state index is 8.39. The van der Waals surface area contributed by atoms with E-state index < -0.39 is 0 Å². The quantitative estimate of drug-likeness (QED) is 0.476. The minimum absolute atomic E-state index is 0.00451. The summed E-state index contributed by atoms with van der Waals surface area (Å²) in [6.45, 7) is 10.2. The van der Waals surface area contributed by atoms with Crippen LogP contribution >= 0.6 is 0 Å². The molecule has 0 radical (unpaired) electrons. The third kappa shape index (κ3) is 4.81. The number of rotatable bonds is 4. The second-order valence-corrected chi connectivity index (χ2v) is 3.40. The van der Waals surface area contributed by atoms with Crippen molar-refractivity contribution >= 4 is 0 Å². The summed E-state index contributed by atoms with van der Waals surface area (Å²) in [6.07, 6.45) is 0. The molecule has 0 aliphatic rings. The van der Waals surface area contributed by atoms with E-state index in [0.717, 1.165) is 5.70 Å². The van der Waals surface area contributed by atoms with Crippen LogP contribution in [0.4, 0.5) is 0 Å². The van der Waals surface area contributed by atoms with Gasteiger partial charge in [0.25, 0.3) is 0 Å². The lowest BCUT2D eigenvalue weighted by atomic mass is 9.94. The van der Waals surface area contributed by atoms with Gasteiger partial charge in [0.2, 0.25) is 0 Å². The first kappa shape index (κ1) is 10.5. The van der Waals surface area contributed by atoms with Gasteiger partial charge in [0, 0.05) is 11.1 Å².